The molecule has 1 N–H and O–H groups in total. The molecule has 1 aromatic heterocycles. The third kappa shape index (κ3) is 3.29. The molecule has 0 saturated heterocycles. The molecule has 7 heteroatoms. The van der Waals surface area contributed by atoms with Gasteiger partial charge in [0.2, 0.25) is 0 Å². The highest BCUT2D eigenvalue weighted by Crippen LogP contribution is 2.17. The van der Waals surface area contributed by atoms with Crippen molar-refractivity contribution >= 4 is 27.6 Å². The van der Waals surface area contributed by atoms with Crippen molar-refractivity contribution in [3.8, 4) is 0 Å². The number of halogens is 1. The van der Waals surface area contributed by atoms with Crippen molar-refractivity contribution in [2.24, 2.45) is 7.05 Å². The maximum atomic E-state index is 11.6. The molecule has 0 aromatic carbocycles. The van der Waals surface area contributed by atoms with Crippen molar-refractivity contribution < 1.29 is 9.53 Å². The van der Waals surface area contributed by atoms with E-state index < -0.39 is 6.04 Å². The Labute approximate surface area is 107 Å². The molecule has 0 aliphatic rings. The Morgan fingerprint density at radius 2 is 2.35 bits per heavy atom. The summed E-state index contributed by atoms with van der Waals surface area (Å²) in [6.07, 6.45) is 1.47. The second-order valence-corrected chi connectivity index (χ2v) is 4.21. The minimum atomic E-state index is -0.542. The third-order valence-corrected chi connectivity index (χ3v) is 2.86. The zero-order chi connectivity index (χ0) is 13.0. The molecule has 1 aromatic rings. The zero-order valence-electron chi connectivity index (χ0n) is 9.86. The number of anilines is 1. The molecule has 0 bridgehead atoms. The number of ether oxygens (including phenoxy) is 1. The van der Waals surface area contributed by atoms with Crippen LogP contribution in [0, 0.1) is 0 Å². The second-order valence-electron chi connectivity index (χ2n) is 3.42. The number of aromatic nitrogens is 2. The first kappa shape index (κ1) is 13.7. The van der Waals surface area contributed by atoms with E-state index in [0.717, 1.165) is 0 Å². The van der Waals surface area contributed by atoms with Crippen LogP contribution in [0.2, 0.25) is 0 Å². The molecule has 17 heavy (non-hydrogen) atoms. The smallest absolute Gasteiger partial charge is 0.328 e. The average Bonchev–Trinajstić information content (AvgIpc) is 2.30. The molecule has 0 amide bonds. The van der Waals surface area contributed by atoms with Crippen LogP contribution in [0.5, 0.6) is 0 Å². The van der Waals surface area contributed by atoms with Crippen molar-refractivity contribution in [1.29, 1.82) is 0 Å². The van der Waals surface area contributed by atoms with E-state index in [0.29, 0.717) is 16.8 Å². The van der Waals surface area contributed by atoms with Gasteiger partial charge in [-0.25, -0.2) is 9.48 Å². The average molecular weight is 304 g/mol. The molecule has 0 aliphatic heterocycles. The minimum absolute atomic E-state index is 0.272. The summed E-state index contributed by atoms with van der Waals surface area (Å²) >= 11 is 3.16. The molecule has 94 valence electrons. The topological polar surface area (TPSA) is 73.2 Å². The summed E-state index contributed by atoms with van der Waals surface area (Å²) in [6.45, 7) is 3.71. The highest BCUT2D eigenvalue weighted by Gasteiger charge is 2.16. The van der Waals surface area contributed by atoms with Crippen molar-refractivity contribution in [1.82, 2.24) is 9.78 Å². The summed E-state index contributed by atoms with van der Waals surface area (Å²) in [6, 6.07) is -0.542. The molecule has 0 radical (unpaired) electrons. The fourth-order valence-electron chi connectivity index (χ4n) is 1.17. The summed E-state index contributed by atoms with van der Waals surface area (Å²) in [5.41, 5.74) is 0.194. The maximum Gasteiger partial charge on any atom is 0.328 e. The predicted molar refractivity (Wildman–Crippen MR) is 66.9 cm³/mol. The van der Waals surface area contributed by atoms with Crippen molar-refractivity contribution in [2.75, 3.05) is 11.9 Å². The number of hydrogen-bond donors (Lipinski definition) is 1. The third-order valence-electron chi connectivity index (χ3n) is 2.09. The van der Waals surface area contributed by atoms with Crippen molar-refractivity contribution in [3.63, 3.8) is 0 Å². The van der Waals surface area contributed by atoms with Crippen LogP contribution in [0.25, 0.3) is 0 Å². The summed E-state index contributed by atoms with van der Waals surface area (Å²) in [5, 5.41) is 6.72. The number of nitrogens with zero attached hydrogens (tertiary/aromatic N) is 2. The van der Waals surface area contributed by atoms with Crippen LogP contribution in [0.15, 0.2) is 15.5 Å². The maximum absolute atomic E-state index is 11.6. The number of carbonyl (C=O) groups excluding carboxylic acids is 1. The van der Waals surface area contributed by atoms with Gasteiger partial charge < -0.3 is 10.1 Å². The Hall–Kier alpha value is -1.37. The van der Waals surface area contributed by atoms with Gasteiger partial charge in [0.15, 0.2) is 0 Å². The van der Waals surface area contributed by atoms with E-state index in [1.54, 1.807) is 20.9 Å². The zero-order valence-corrected chi connectivity index (χ0v) is 11.4. The molecule has 0 fully saturated rings. The van der Waals surface area contributed by atoms with E-state index in [1.165, 1.54) is 10.9 Å². The number of carbonyl (C=O) groups is 1. The van der Waals surface area contributed by atoms with Crippen LogP contribution in [0.4, 0.5) is 5.69 Å². The number of nitrogens with one attached hydrogen (secondary N) is 1. The molecule has 0 spiro atoms. The van der Waals surface area contributed by atoms with Gasteiger partial charge in [0, 0.05) is 7.05 Å². The quantitative estimate of drug-likeness (QED) is 0.837. The van der Waals surface area contributed by atoms with Crippen molar-refractivity contribution in [2.45, 2.75) is 19.9 Å². The number of rotatable bonds is 4. The molecule has 1 rings (SSSR count). The molecule has 0 aliphatic carbocycles. The van der Waals surface area contributed by atoms with Gasteiger partial charge >= 0.3 is 5.97 Å². The van der Waals surface area contributed by atoms with E-state index in [-0.39, 0.29) is 11.5 Å². The normalized spacial score (nSPS) is 12.0. The van der Waals surface area contributed by atoms with E-state index in [9.17, 15) is 9.59 Å². The molecular formula is C10H14BrN3O3. The Morgan fingerprint density at radius 1 is 1.71 bits per heavy atom. The summed E-state index contributed by atoms with van der Waals surface area (Å²) < 4.78 is 6.39. The fourth-order valence-corrected chi connectivity index (χ4v) is 1.64. The van der Waals surface area contributed by atoms with E-state index in [4.69, 9.17) is 4.74 Å². The first-order chi connectivity index (χ1) is 7.97. The van der Waals surface area contributed by atoms with Crippen LogP contribution in [0.3, 0.4) is 0 Å². The van der Waals surface area contributed by atoms with Crippen LogP contribution in [-0.4, -0.2) is 28.4 Å². The van der Waals surface area contributed by atoms with Gasteiger partial charge in [-0.05, 0) is 29.8 Å². The van der Waals surface area contributed by atoms with Crippen LogP contribution in [-0.2, 0) is 16.6 Å². The van der Waals surface area contributed by atoms with Gasteiger partial charge in [0.05, 0.1) is 18.5 Å². The standard InChI is InChI=1S/C10H14BrN3O3/c1-4-17-10(16)6(2)13-7-5-12-14(3)9(15)8(7)11/h5-6,13H,4H2,1-3H3. The highest BCUT2D eigenvalue weighted by atomic mass is 79.9. The number of esters is 1. The molecule has 1 unspecified atom stereocenters. The van der Waals surface area contributed by atoms with E-state index in [2.05, 4.69) is 26.3 Å². The predicted octanol–water partition coefficient (Wildman–Crippen LogP) is 0.906. The van der Waals surface area contributed by atoms with Gasteiger partial charge in [-0.3, -0.25) is 4.79 Å². The Balaban J connectivity index is 2.86. The Morgan fingerprint density at radius 3 is 2.94 bits per heavy atom. The SMILES string of the molecule is CCOC(=O)C(C)Nc1cnn(C)c(=O)c1Br. The van der Waals surface area contributed by atoms with Gasteiger partial charge in [-0.2, -0.15) is 5.10 Å². The molecule has 1 atom stereocenters. The Kier molecular flexibility index (Phi) is 4.68. The van der Waals surface area contributed by atoms with Gasteiger partial charge in [0.25, 0.3) is 5.56 Å². The first-order valence-corrected chi connectivity index (χ1v) is 5.91. The lowest BCUT2D eigenvalue weighted by Crippen LogP contribution is -2.30. The van der Waals surface area contributed by atoms with Crippen LogP contribution < -0.4 is 10.9 Å². The van der Waals surface area contributed by atoms with Gasteiger partial charge in [-0.15, -0.1) is 0 Å². The van der Waals surface area contributed by atoms with Gasteiger partial charge in [-0.1, -0.05) is 0 Å². The summed E-state index contributed by atoms with van der Waals surface area (Å²) in [4.78, 5) is 23.0. The molecular weight excluding hydrogens is 290 g/mol. The molecule has 6 nitrogen and oxygen atoms in total. The van der Waals surface area contributed by atoms with Crippen molar-refractivity contribution in [3.05, 3.63) is 21.0 Å². The lowest BCUT2D eigenvalue weighted by atomic mass is 10.3. The largest absolute Gasteiger partial charge is 0.464 e. The van der Waals surface area contributed by atoms with E-state index >= 15 is 0 Å². The molecule has 0 saturated carbocycles. The lowest BCUT2D eigenvalue weighted by molar-refractivity contribution is -0.143. The minimum Gasteiger partial charge on any atom is -0.464 e. The fraction of sp³-hybridized carbons (Fsp3) is 0.500. The second kappa shape index (κ2) is 5.81. The monoisotopic (exact) mass is 303 g/mol. The molecule has 1 heterocycles. The number of hydrogen-bond acceptors (Lipinski definition) is 5. The lowest BCUT2D eigenvalue weighted by Gasteiger charge is -2.14. The van der Waals surface area contributed by atoms with E-state index in [1.807, 2.05) is 0 Å². The van der Waals surface area contributed by atoms with Gasteiger partial charge in [0.1, 0.15) is 10.5 Å². The summed E-state index contributed by atoms with van der Waals surface area (Å²) in [5.74, 6) is -0.375. The summed E-state index contributed by atoms with van der Waals surface area (Å²) in [7, 11) is 1.55. The number of aryl methyl sites for hydroxylation is 1. The van der Waals surface area contributed by atoms with Crippen LogP contribution in [0.1, 0.15) is 13.8 Å². The highest BCUT2D eigenvalue weighted by molar-refractivity contribution is 9.10. The Bertz CT molecular complexity index is 472. The van der Waals surface area contributed by atoms with Crippen LogP contribution >= 0.6 is 15.9 Å². The first-order valence-electron chi connectivity index (χ1n) is 5.12.